The molecule has 6 aromatic carbocycles. The summed E-state index contributed by atoms with van der Waals surface area (Å²) in [4.78, 5) is 15.6. The SMILES string of the molecule is C[C@@H]1CC2C[C@H](C)CC(c3ccc(-c4cccc(-c5nc(-c6ccc(-c7cc(C#N)cc(C#N)c7)cc6)nc(-c6cccc(-c7ccc(C89CC(C[C@@H](C)C8)C[C@H](C)C9)cc7)c6)n5)c4)cc3)(C2)C1. The fourth-order valence-electron chi connectivity index (χ4n) is 14.3. The average molecular weight is 888 g/mol. The van der Waals surface area contributed by atoms with Crippen LogP contribution in [0.1, 0.15) is 114 Å². The zero-order valence-corrected chi connectivity index (χ0v) is 40.1. The van der Waals surface area contributed by atoms with Crippen LogP contribution in [0.2, 0.25) is 0 Å². The summed E-state index contributed by atoms with van der Waals surface area (Å²) in [5, 5.41) is 19.3. The summed E-state index contributed by atoms with van der Waals surface area (Å²) < 4.78 is 0. The number of rotatable bonds is 8. The van der Waals surface area contributed by atoms with Crippen LogP contribution in [0.5, 0.6) is 0 Å². The number of nitrogens with zero attached hydrogens (tertiary/aromatic N) is 5. The molecular weight excluding hydrogens is 827 g/mol. The highest BCUT2D eigenvalue weighted by Gasteiger charge is 2.46. The predicted octanol–water partition coefficient (Wildman–Crippen LogP) is 15.8. The van der Waals surface area contributed by atoms with Gasteiger partial charge in [0, 0.05) is 16.7 Å². The third-order valence-electron chi connectivity index (χ3n) is 16.5. The van der Waals surface area contributed by atoms with Crippen LogP contribution in [-0.4, -0.2) is 15.0 Å². The van der Waals surface area contributed by atoms with Gasteiger partial charge >= 0.3 is 0 Å². The highest BCUT2D eigenvalue weighted by Crippen LogP contribution is 2.55. The van der Waals surface area contributed by atoms with Gasteiger partial charge in [0.1, 0.15) is 0 Å². The molecule has 4 saturated carbocycles. The van der Waals surface area contributed by atoms with Gasteiger partial charge in [0.05, 0.1) is 23.3 Å². The van der Waals surface area contributed by atoms with E-state index in [0.717, 1.165) is 74.5 Å². The molecule has 68 heavy (non-hydrogen) atoms. The largest absolute Gasteiger partial charge is 0.208 e. The van der Waals surface area contributed by atoms with Crippen LogP contribution in [0.25, 0.3) is 67.5 Å². The Morgan fingerprint density at radius 2 is 0.706 bits per heavy atom. The standard InChI is InChI=1S/C63H61N5/c1-40-23-44-24-41(2)33-62(32-40,36-44)57-19-15-48(16-20-57)52-7-5-9-54(30-52)60-66-59(51-13-11-50(12-14-51)56-28-46(38-64)27-47(29-56)39-65)67-61(68-60)55-10-6-8-53(31-55)49-17-21-58(22-18-49)63-34-42(3)25-45(37-63)26-43(4)35-63/h5-22,27-31,40-45H,23-26,32-37H2,1-4H3/t40-,41+,42-,43+,44?,45?,62?,63?. The number of nitriles is 2. The van der Waals surface area contributed by atoms with Crippen LogP contribution in [0.3, 0.4) is 0 Å². The van der Waals surface area contributed by atoms with Crippen molar-refractivity contribution >= 4 is 0 Å². The van der Waals surface area contributed by atoms with E-state index in [1.807, 2.05) is 36.4 Å². The van der Waals surface area contributed by atoms with E-state index < -0.39 is 0 Å². The molecule has 11 rings (SSSR count). The van der Waals surface area contributed by atoms with Gasteiger partial charge in [-0.15, -0.1) is 0 Å². The second-order valence-corrected chi connectivity index (χ2v) is 22.1. The number of hydrogen-bond donors (Lipinski definition) is 0. The van der Waals surface area contributed by atoms with Crippen molar-refractivity contribution in [1.29, 1.82) is 10.5 Å². The van der Waals surface area contributed by atoms with Gasteiger partial charge in [0.2, 0.25) is 0 Å². The normalized spacial score (nSPS) is 26.3. The molecule has 1 heterocycles. The number of benzene rings is 6. The monoisotopic (exact) mass is 887 g/mol. The third-order valence-corrected chi connectivity index (χ3v) is 16.5. The van der Waals surface area contributed by atoms with Crippen molar-refractivity contribution in [2.75, 3.05) is 0 Å². The molecule has 0 amide bonds. The number of fused-ring (bicyclic) bond motifs is 4. The van der Waals surface area contributed by atoms with Crippen LogP contribution < -0.4 is 0 Å². The van der Waals surface area contributed by atoms with Crippen molar-refractivity contribution in [2.45, 2.75) is 103 Å². The van der Waals surface area contributed by atoms with Crippen LogP contribution in [0, 0.1) is 58.2 Å². The summed E-state index contributed by atoms with van der Waals surface area (Å²) in [5.41, 5.74) is 13.6. The lowest BCUT2D eigenvalue weighted by molar-refractivity contribution is 0.0779. The Bertz CT molecular complexity index is 2860. The average Bonchev–Trinajstić information content (AvgIpc) is 3.35. The molecule has 8 atom stereocenters. The first-order chi connectivity index (χ1) is 33.0. The molecule has 4 aliphatic rings. The van der Waals surface area contributed by atoms with Gasteiger partial charge in [-0.1, -0.05) is 137 Å². The van der Waals surface area contributed by atoms with Crippen LogP contribution in [0.4, 0.5) is 0 Å². The number of hydrogen-bond acceptors (Lipinski definition) is 5. The Morgan fingerprint density at radius 1 is 0.368 bits per heavy atom. The highest BCUT2D eigenvalue weighted by atomic mass is 15.0. The van der Waals surface area contributed by atoms with Crippen LogP contribution in [0.15, 0.2) is 140 Å². The van der Waals surface area contributed by atoms with Gasteiger partial charge in [0.25, 0.3) is 0 Å². The topological polar surface area (TPSA) is 86.2 Å². The first kappa shape index (κ1) is 43.9. The molecule has 0 spiro atoms. The Balaban J connectivity index is 0.945. The molecule has 0 aliphatic heterocycles. The van der Waals surface area contributed by atoms with Gasteiger partial charge < -0.3 is 0 Å². The highest BCUT2D eigenvalue weighted by molar-refractivity contribution is 5.76. The molecule has 4 unspecified atom stereocenters. The molecule has 7 aromatic rings. The lowest BCUT2D eigenvalue weighted by Gasteiger charge is -2.50. The maximum Gasteiger partial charge on any atom is 0.164 e. The Morgan fingerprint density at radius 3 is 1.10 bits per heavy atom. The molecular formula is C63H61N5. The summed E-state index contributed by atoms with van der Waals surface area (Å²) in [6.07, 6.45) is 13.3. The molecule has 0 N–H and O–H groups in total. The summed E-state index contributed by atoms with van der Waals surface area (Å²) in [6, 6.07) is 53.9. The molecule has 5 heteroatoms. The third kappa shape index (κ3) is 8.58. The van der Waals surface area contributed by atoms with E-state index in [1.165, 1.54) is 86.5 Å². The van der Waals surface area contributed by atoms with E-state index in [4.69, 9.17) is 15.0 Å². The first-order valence-corrected chi connectivity index (χ1v) is 25.3. The first-order valence-electron chi connectivity index (χ1n) is 25.3. The Hall–Kier alpha value is -6.69. The fraction of sp³-hybridized carbons (Fsp3) is 0.349. The van der Waals surface area contributed by atoms with E-state index in [2.05, 4.69) is 137 Å². The zero-order chi connectivity index (χ0) is 46.6. The maximum atomic E-state index is 9.65. The number of aromatic nitrogens is 3. The second-order valence-electron chi connectivity index (χ2n) is 22.1. The Labute approximate surface area is 403 Å². The minimum absolute atomic E-state index is 0.294. The zero-order valence-electron chi connectivity index (χ0n) is 40.1. The molecule has 338 valence electrons. The molecule has 1 aromatic heterocycles. The minimum Gasteiger partial charge on any atom is -0.208 e. The quantitative estimate of drug-likeness (QED) is 0.152. The predicted molar refractivity (Wildman–Crippen MR) is 275 cm³/mol. The fourth-order valence-corrected chi connectivity index (χ4v) is 14.3. The second kappa shape index (κ2) is 17.8. The molecule has 5 nitrogen and oxygen atoms in total. The van der Waals surface area contributed by atoms with Crippen molar-refractivity contribution < 1.29 is 0 Å². The van der Waals surface area contributed by atoms with Gasteiger partial charge in [-0.25, -0.2) is 15.0 Å². The van der Waals surface area contributed by atoms with E-state index in [-0.39, 0.29) is 0 Å². The van der Waals surface area contributed by atoms with Gasteiger partial charge in [-0.05, 0) is 185 Å². The molecule has 0 saturated heterocycles. The molecule has 4 fully saturated rings. The van der Waals surface area contributed by atoms with Crippen molar-refractivity contribution in [3.8, 4) is 79.7 Å². The van der Waals surface area contributed by atoms with Crippen molar-refractivity contribution in [3.05, 3.63) is 162 Å². The van der Waals surface area contributed by atoms with E-state index in [9.17, 15) is 10.5 Å². The minimum atomic E-state index is 0.294. The lowest BCUT2D eigenvalue weighted by Crippen LogP contribution is -2.42. The lowest BCUT2D eigenvalue weighted by atomic mass is 9.54. The van der Waals surface area contributed by atoms with E-state index in [0.29, 0.717) is 39.4 Å². The van der Waals surface area contributed by atoms with E-state index >= 15 is 0 Å². The van der Waals surface area contributed by atoms with Crippen LogP contribution >= 0.6 is 0 Å². The van der Waals surface area contributed by atoms with Crippen molar-refractivity contribution in [3.63, 3.8) is 0 Å². The maximum absolute atomic E-state index is 9.65. The van der Waals surface area contributed by atoms with Crippen molar-refractivity contribution in [1.82, 2.24) is 15.0 Å². The molecule has 4 bridgehead atoms. The van der Waals surface area contributed by atoms with Gasteiger partial charge in [0.15, 0.2) is 17.5 Å². The van der Waals surface area contributed by atoms with Gasteiger partial charge in [-0.3, -0.25) is 0 Å². The van der Waals surface area contributed by atoms with Gasteiger partial charge in [-0.2, -0.15) is 10.5 Å². The van der Waals surface area contributed by atoms with E-state index in [1.54, 1.807) is 6.07 Å². The van der Waals surface area contributed by atoms with Crippen molar-refractivity contribution in [2.24, 2.45) is 35.5 Å². The molecule has 0 radical (unpaired) electrons. The smallest absolute Gasteiger partial charge is 0.164 e. The summed E-state index contributed by atoms with van der Waals surface area (Å²) in [6.45, 7) is 9.85. The summed E-state index contributed by atoms with van der Waals surface area (Å²) in [7, 11) is 0. The Kier molecular flexibility index (Phi) is 11.5. The summed E-state index contributed by atoms with van der Waals surface area (Å²) in [5.74, 6) is 6.59. The van der Waals surface area contributed by atoms with Crippen LogP contribution in [-0.2, 0) is 10.8 Å². The molecule has 4 aliphatic carbocycles. The summed E-state index contributed by atoms with van der Waals surface area (Å²) >= 11 is 0.